The van der Waals surface area contributed by atoms with Crippen LogP contribution in [0.2, 0.25) is 0 Å². The van der Waals surface area contributed by atoms with E-state index in [9.17, 15) is 4.79 Å². The topological polar surface area (TPSA) is 44.8 Å². The lowest BCUT2D eigenvalue weighted by Crippen LogP contribution is -2.47. The number of methoxy groups -OCH3 is 1. The molecule has 5 nitrogen and oxygen atoms in total. The number of benzene rings is 1. The van der Waals surface area contributed by atoms with Crippen LogP contribution in [0.25, 0.3) is 0 Å². The molecule has 0 spiro atoms. The van der Waals surface area contributed by atoms with Gasteiger partial charge in [0.05, 0.1) is 13.2 Å². The van der Waals surface area contributed by atoms with Crippen molar-refractivity contribution in [3.8, 4) is 5.75 Å². The standard InChI is InChI=1S/C18H23N3O2/c1-13(2)7-8-20-9-10-21-17(18(20)22)12-16(19-21)14-5-4-6-15(11-14)23-3/h4-7,9-11,16-17,19H,8,12H2,1-3H3. The van der Waals surface area contributed by atoms with Gasteiger partial charge in [-0.15, -0.1) is 0 Å². The zero-order valence-electron chi connectivity index (χ0n) is 13.8. The third-order valence-electron chi connectivity index (χ3n) is 4.27. The molecule has 1 fully saturated rings. The number of rotatable bonds is 4. The van der Waals surface area contributed by atoms with E-state index in [-0.39, 0.29) is 18.0 Å². The number of nitrogens with zero attached hydrogens (tertiary/aromatic N) is 2. The van der Waals surface area contributed by atoms with E-state index >= 15 is 0 Å². The summed E-state index contributed by atoms with van der Waals surface area (Å²) < 4.78 is 5.29. The molecule has 3 rings (SSSR count). The van der Waals surface area contributed by atoms with Gasteiger partial charge in [-0.05, 0) is 38.0 Å². The molecule has 2 aliphatic rings. The number of hydrogen-bond acceptors (Lipinski definition) is 4. The number of allylic oxidation sites excluding steroid dienone is 1. The SMILES string of the molecule is COc1cccc(C2CC3C(=O)N(CC=C(C)C)C=CN3N2)c1. The largest absolute Gasteiger partial charge is 0.497 e. The number of hydrogen-bond donors (Lipinski definition) is 1. The highest BCUT2D eigenvalue weighted by Gasteiger charge is 2.39. The predicted octanol–water partition coefficient (Wildman–Crippen LogP) is 2.59. The van der Waals surface area contributed by atoms with Crippen molar-refractivity contribution in [2.24, 2.45) is 0 Å². The van der Waals surface area contributed by atoms with Gasteiger partial charge in [0.25, 0.3) is 5.91 Å². The quantitative estimate of drug-likeness (QED) is 0.868. The fourth-order valence-electron chi connectivity index (χ4n) is 2.94. The first kappa shape index (κ1) is 15.6. The maximum absolute atomic E-state index is 12.7. The number of fused-ring (bicyclic) bond motifs is 1. The number of ether oxygens (including phenoxy) is 1. The molecule has 0 aromatic heterocycles. The summed E-state index contributed by atoms with van der Waals surface area (Å²) in [5.74, 6) is 0.976. The maximum atomic E-state index is 12.7. The molecule has 1 saturated heterocycles. The molecular formula is C18H23N3O2. The van der Waals surface area contributed by atoms with E-state index in [0.717, 1.165) is 17.7 Å². The average molecular weight is 313 g/mol. The molecule has 23 heavy (non-hydrogen) atoms. The Morgan fingerprint density at radius 2 is 2.22 bits per heavy atom. The fraction of sp³-hybridized carbons (Fsp3) is 0.389. The van der Waals surface area contributed by atoms with Crippen molar-refractivity contribution < 1.29 is 9.53 Å². The molecule has 1 aromatic carbocycles. The second kappa shape index (κ2) is 6.46. The number of amides is 1. The van der Waals surface area contributed by atoms with E-state index in [1.165, 1.54) is 5.57 Å². The summed E-state index contributed by atoms with van der Waals surface area (Å²) >= 11 is 0. The summed E-state index contributed by atoms with van der Waals surface area (Å²) in [5.41, 5.74) is 5.75. The van der Waals surface area contributed by atoms with Crippen LogP contribution in [-0.2, 0) is 4.79 Å². The fourth-order valence-corrected chi connectivity index (χ4v) is 2.94. The highest BCUT2D eigenvalue weighted by atomic mass is 16.5. The van der Waals surface area contributed by atoms with Gasteiger partial charge in [0.2, 0.25) is 0 Å². The predicted molar refractivity (Wildman–Crippen MR) is 89.4 cm³/mol. The highest BCUT2D eigenvalue weighted by Crippen LogP contribution is 2.32. The number of carbonyl (C=O) groups is 1. The van der Waals surface area contributed by atoms with Crippen LogP contribution < -0.4 is 10.2 Å². The summed E-state index contributed by atoms with van der Waals surface area (Å²) in [6.07, 6.45) is 6.62. The first-order valence-electron chi connectivity index (χ1n) is 7.89. The lowest BCUT2D eigenvalue weighted by molar-refractivity contribution is -0.133. The molecule has 1 aromatic rings. The second-order valence-electron chi connectivity index (χ2n) is 6.19. The van der Waals surface area contributed by atoms with Gasteiger partial charge in [0.1, 0.15) is 11.8 Å². The summed E-state index contributed by atoms with van der Waals surface area (Å²) in [6.45, 7) is 4.71. The van der Waals surface area contributed by atoms with Gasteiger partial charge in [0, 0.05) is 18.9 Å². The van der Waals surface area contributed by atoms with E-state index in [1.54, 1.807) is 12.0 Å². The molecule has 1 amide bonds. The molecule has 2 unspecified atom stereocenters. The van der Waals surface area contributed by atoms with Crippen LogP contribution in [0.1, 0.15) is 31.9 Å². The Morgan fingerprint density at radius 1 is 1.39 bits per heavy atom. The lowest BCUT2D eigenvalue weighted by atomic mass is 10.0. The van der Waals surface area contributed by atoms with Crippen LogP contribution in [0.15, 0.2) is 48.3 Å². The van der Waals surface area contributed by atoms with Gasteiger partial charge in [-0.25, -0.2) is 5.43 Å². The summed E-state index contributed by atoms with van der Waals surface area (Å²) in [6, 6.07) is 7.96. The van der Waals surface area contributed by atoms with Crippen molar-refractivity contribution in [2.45, 2.75) is 32.4 Å². The van der Waals surface area contributed by atoms with E-state index in [1.807, 2.05) is 49.5 Å². The van der Waals surface area contributed by atoms with Gasteiger partial charge in [-0.2, -0.15) is 0 Å². The smallest absolute Gasteiger partial charge is 0.251 e. The first-order valence-corrected chi connectivity index (χ1v) is 7.89. The molecule has 2 atom stereocenters. The minimum Gasteiger partial charge on any atom is -0.497 e. The van der Waals surface area contributed by atoms with E-state index in [4.69, 9.17) is 4.74 Å². The Labute approximate surface area is 137 Å². The molecule has 2 heterocycles. The van der Waals surface area contributed by atoms with Crippen molar-refractivity contribution in [1.82, 2.24) is 15.3 Å². The zero-order chi connectivity index (χ0) is 16.4. The summed E-state index contributed by atoms with van der Waals surface area (Å²) in [7, 11) is 1.66. The van der Waals surface area contributed by atoms with Crippen LogP contribution >= 0.6 is 0 Å². The zero-order valence-corrected chi connectivity index (χ0v) is 13.8. The Balaban J connectivity index is 1.73. The molecule has 5 heteroatoms. The van der Waals surface area contributed by atoms with Crippen molar-refractivity contribution in [2.75, 3.05) is 13.7 Å². The van der Waals surface area contributed by atoms with E-state index in [0.29, 0.717) is 6.54 Å². The normalized spacial score (nSPS) is 23.0. The van der Waals surface area contributed by atoms with E-state index in [2.05, 4.69) is 17.6 Å². The number of hydrazine groups is 1. The van der Waals surface area contributed by atoms with Crippen molar-refractivity contribution >= 4 is 5.91 Å². The maximum Gasteiger partial charge on any atom is 0.251 e. The number of carbonyl (C=O) groups excluding carboxylic acids is 1. The minimum absolute atomic E-state index is 0.118. The molecule has 0 bridgehead atoms. The van der Waals surface area contributed by atoms with Gasteiger partial charge in [-0.1, -0.05) is 23.8 Å². The van der Waals surface area contributed by atoms with Crippen LogP contribution in [0, 0.1) is 0 Å². The van der Waals surface area contributed by atoms with E-state index < -0.39 is 0 Å². The molecule has 1 N–H and O–H groups in total. The molecule has 0 aliphatic carbocycles. The summed E-state index contributed by atoms with van der Waals surface area (Å²) in [4.78, 5) is 14.4. The van der Waals surface area contributed by atoms with Crippen molar-refractivity contribution in [3.63, 3.8) is 0 Å². The Hall–Kier alpha value is -2.27. The molecule has 0 saturated carbocycles. The number of nitrogens with one attached hydrogen (secondary N) is 1. The third kappa shape index (κ3) is 3.24. The molecular weight excluding hydrogens is 290 g/mol. The van der Waals surface area contributed by atoms with Gasteiger partial charge in [0.15, 0.2) is 0 Å². The lowest BCUT2D eigenvalue weighted by Gasteiger charge is -2.31. The Morgan fingerprint density at radius 3 is 2.96 bits per heavy atom. The van der Waals surface area contributed by atoms with Crippen molar-refractivity contribution in [1.29, 1.82) is 0 Å². The minimum atomic E-state index is -0.151. The Bertz CT molecular complexity index is 649. The second-order valence-corrected chi connectivity index (χ2v) is 6.19. The third-order valence-corrected chi connectivity index (χ3v) is 4.27. The molecule has 0 radical (unpaired) electrons. The molecule has 2 aliphatic heterocycles. The summed E-state index contributed by atoms with van der Waals surface area (Å²) in [5, 5.41) is 1.92. The van der Waals surface area contributed by atoms with Crippen molar-refractivity contribution in [3.05, 3.63) is 53.9 Å². The molecule has 122 valence electrons. The van der Waals surface area contributed by atoms with Crippen LogP contribution in [0.3, 0.4) is 0 Å². The highest BCUT2D eigenvalue weighted by molar-refractivity contribution is 5.84. The van der Waals surface area contributed by atoms with Crippen LogP contribution in [-0.4, -0.2) is 35.5 Å². The van der Waals surface area contributed by atoms with Gasteiger partial charge < -0.3 is 14.6 Å². The average Bonchev–Trinajstić information content (AvgIpc) is 2.99. The van der Waals surface area contributed by atoms with Crippen LogP contribution in [0.4, 0.5) is 0 Å². The first-order chi connectivity index (χ1) is 11.1. The Kier molecular flexibility index (Phi) is 4.39. The van der Waals surface area contributed by atoms with Gasteiger partial charge in [-0.3, -0.25) is 4.79 Å². The monoisotopic (exact) mass is 313 g/mol. The van der Waals surface area contributed by atoms with Crippen LogP contribution in [0.5, 0.6) is 5.75 Å². The van der Waals surface area contributed by atoms with Gasteiger partial charge >= 0.3 is 0 Å².